The van der Waals surface area contributed by atoms with Crippen molar-refractivity contribution in [3.8, 4) is 5.75 Å². The van der Waals surface area contributed by atoms with E-state index in [9.17, 15) is 0 Å². The molecule has 1 aromatic carbocycles. The molecule has 1 aliphatic carbocycles. The van der Waals surface area contributed by atoms with Crippen molar-refractivity contribution in [1.29, 1.82) is 0 Å². The van der Waals surface area contributed by atoms with Gasteiger partial charge < -0.3 is 10.5 Å². The Labute approximate surface area is 122 Å². The number of hydrogen-bond acceptors (Lipinski definition) is 2. The lowest BCUT2D eigenvalue weighted by atomic mass is 9.82. The third kappa shape index (κ3) is 2.71. The Bertz CT molecular complexity index is 458. The minimum absolute atomic E-state index is 0.0102. The first-order chi connectivity index (χ1) is 9.72. The molecule has 2 N–H and O–H groups in total. The molecule has 1 spiro atoms. The molecule has 1 heterocycles. The Morgan fingerprint density at radius 3 is 2.95 bits per heavy atom. The topological polar surface area (TPSA) is 35.2 Å². The van der Waals surface area contributed by atoms with Crippen molar-refractivity contribution in [1.82, 2.24) is 0 Å². The third-order valence-electron chi connectivity index (χ3n) is 5.19. The molecule has 0 saturated heterocycles. The largest absolute Gasteiger partial charge is 0.487 e. The molecule has 3 rings (SSSR count). The average molecular weight is 273 g/mol. The first kappa shape index (κ1) is 13.9. The summed E-state index contributed by atoms with van der Waals surface area (Å²) in [4.78, 5) is 0. The highest BCUT2D eigenvalue weighted by Crippen LogP contribution is 2.45. The van der Waals surface area contributed by atoms with Gasteiger partial charge in [0.15, 0.2) is 0 Å². The number of hydrogen-bond donors (Lipinski definition) is 1. The summed E-state index contributed by atoms with van der Waals surface area (Å²) in [5.41, 5.74) is 7.61. The van der Waals surface area contributed by atoms with Crippen molar-refractivity contribution >= 4 is 0 Å². The molecule has 0 aromatic heterocycles. The Kier molecular flexibility index (Phi) is 4.02. The van der Waals surface area contributed by atoms with Crippen molar-refractivity contribution in [3.63, 3.8) is 0 Å². The molecule has 2 nitrogen and oxygen atoms in total. The van der Waals surface area contributed by atoms with Crippen LogP contribution in [-0.4, -0.2) is 5.60 Å². The van der Waals surface area contributed by atoms with Crippen LogP contribution in [0.3, 0.4) is 0 Å². The van der Waals surface area contributed by atoms with Gasteiger partial charge in [-0.1, -0.05) is 44.4 Å². The molecule has 0 radical (unpaired) electrons. The third-order valence-corrected chi connectivity index (χ3v) is 5.19. The lowest BCUT2D eigenvalue weighted by Gasteiger charge is -2.41. The predicted octanol–water partition coefficient (Wildman–Crippen LogP) is 4.59. The molecule has 2 heteroatoms. The Hall–Kier alpha value is -1.02. The summed E-state index contributed by atoms with van der Waals surface area (Å²) < 4.78 is 6.46. The highest BCUT2D eigenvalue weighted by molar-refractivity contribution is 5.38. The van der Waals surface area contributed by atoms with E-state index in [1.54, 1.807) is 0 Å². The number of para-hydroxylation sites is 1. The summed E-state index contributed by atoms with van der Waals surface area (Å²) in [6, 6.07) is 8.46. The molecule has 0 bridgehead atoms. The maximum absolute atomic E-state index is 6.46. The van der Waals surface area contributed by atoms with E-state index in [0.717, 1.165) is 18.1 Å². The van der Waals surface area contributed by atoms with Gasteiger partial charge in [-0.25, -0.2) is 0 Å². The summed E-state index contributed by atoms with van der Waals surface area (Å²) in [6.07, 6.45) is 10.00. The van der Waals surface area contributed by atoms with Crippen molar-refractivity contribution < 1.29 is 4.74 Å². The molecule has 2 aliphatic rings. The molecule has 0 amide bonds. The normalized spacial score (nSPS) is 33.3. The van der Waals surface area contributed by atoms with E-state index in [2.05, 4.69) is 31.2 Å². The van der Waals surface area contributed by atoms with Gasteiger partial charge in [-0.15, -0.1) is 0 Å². The maximum Gasteiger partial charge on any atom is 0.124 e. The average Bonchev–Trinajstić information content (AvgIpc) is 2.63. The van der Waals surface area contributed by atoms with Gasteiger partial charge in [0.2, 0.25) is 0 Å². The van der Waals surface area contributed by atoms with Crippen molar-refractivity contribution in [2.24, 2.45) is 11.7 Å². The lowest BCUT2D eigenvalue weighted by molar-refractivity contribution is 0.0203. The van der Waals surface area contributed by atoms with Crippen LogP contribution in [0.4, 0.5) is 0 Å². The second-order valence-corrected chi connectivity index (χ2v) is 6.72. The zero-order valence-corrected chi connectivity index (χ0v) is 12.6. The second-order valence-electron chi connectivity index (χ2n) is 6.72. The molecule has 1 saturated carbocycles. The van der Waals surface area contributed by atoms with Crippen molar-refractivity contribution in [3.05, 3.63) is 29.8 Å². The quantitative estimate of drug-likeness (QED) is 0.855. The second kappa shape index (κ2) is 5.77. The number of rotatable bonds is 2. The number of nitrogens with two attached hydrogens (primary N) is 1. The van der Waals surface area contributed by atoms with Crippen LogP contribution in [0.25, 0.3) is 0 Å². The fraction of sp³-hybridized carbons (Fsp3) is 0.667. The van der Waals surface area contributed by atoms with E-state index < -0.39 is 0 Å². The Morgan fingerprint density at radius 1 is 1.25 bits per heavy atom. The van der Waals surface area contributed by atoms with Crippen LogP contribution in [0.15, 0.2) is 24.3 Å². The minimum atomic E-state index is 0.0102. The standard InChI is InChI=1S/C18H27NO/c1-2-6-14-7-5-11-18(12-10-14)13-16(19)15-8-3-4-9-17(15)20-18/h3-4,8-9,14,16H,2,5-7,10-13,19H2,1H3. The van der Waals surface area contributed by atoms with Gasteiger partial charge in [-0.2, -0.15) is 0 Å². The fourth-order valence-corrected chi connectivity index (χ4v) is 4.12. The first-order valence-electron chi connectivity index (χ1n) is 8.26. The van der Waals surface area contributed by atoms with Gasteiger partial charge in [-0.05, 0) is 37.7 Å². The maximum atomic E-state index is 6.46. The fourth-order valence-electron chi connectivity index (χ4n) is 4.12. The van der Waals surface area contributed by atoms with Crippen LogP contribution in [0.2, 0.25) is 0 Å². The summed E-state index contributed by atoms with van der Waals surface area (Å²) >= 11 is 0. The predicted molar refractivity (Wildman–Crippen MR) is 82.8 cm³/mol. The van der Waals surface area contributed by atoms with Gasteiger partial charge in [0.25, 0.3) is 0 Å². The molecule has 20 heavy (non-hydrogen) atoms. The van der Waals surface area contributed by atoms with E-state index in [0.29, 0.717) is 0 Å². The van der Waals surface area contributed by atoms with Crippen molar-refractivity contribution in [2.45, 2.75) is 69.9 Å². The molecule has 3 atom stereocenters. The highest BCUT2D eigenvalue weighted by atomic mass is 16.5. The summed E-state index contributed by atoms with van der Waals surface area (Å²) in [6.45, 7) is 2.30. The Balaban J connectivity index is 1.77. The molecule has 110 valence electrons. The molecular formula is C18H27NO. The van der Waals surface area contributed by atoms with Crippen LogP contribution >= 0.6 is 0 Å². The van der Waals surface area contributed by atoms with Crippen LogP contribution in [0.5, 0.6) is 5.75 Å². The molecule has 1 aliphatic heterocycles. The van der Waals surface area contributed by atoms with E-state index in [1.807, 2.05) is 0 Å². The number of benzene rings is 1. The number of ether oxygens (including phenoxy) is 1. The van der Waals surface area contributed by atoms with Gasteiger partial charge in [-0.3, -0.25) is 0 Å². The summed E-state index contributed by atoms with van der Waals surface area (Å²) in [5.74, 6) is 1.93. The molecule has 1 aromatic rings. The SMILES string of the molecule is CCCC1CCCC2(CC1)CC(N)c1ccccc1O2. The van der Waals surface area contributed by atoms with Crippen LogP contribution < -0.4 is 10.5 Å². The van der Waals surface area contributed by atoms with Crippen molar-refractivity contribution in [2.75, 3.05) is 0 Å². The van der Waals surface area contributed by atoms with E-state index in [1.165, 1.54) is 50.5 Å². The van der Waals surface area contributed by atoms with E-state index in [-0.39, 0.29) is 11.6 Å². The lowest BCUT2D eigenvalue weighted by Crippen LogP contribution is -2.42. The van der Waals surface area contributed by atoms with E-state index in [4.69, 9.17) is 10.5 Å². The zero-order valence-electron chi connectivity index (χ0n) is 12.6. The van der Waals surface area contributed by atoms with E-state index >= 15 is 0 Å². The van der Waals surface area contributed by atoms with Gasteiger partial charge in [0.05, 0.1) is 0 Å². The molecule has 3 unspecified atom stereocenters. The van der Waals surface area contributed by atoms with Crippen LogP contribution in [0, 0.1) is 5.92 Å². The molecular weight excluding hydrogens is 246 g/mol. The summed E-state index contributed by atoms with van der Waals surface area (Å²) in [7, 11) is 0. The first-order valence-corrected chi connectivity index (χ1v) is 8.26. The monoisotopic (exact) mass is 273 g/mol. The van der Waals surface area contributed by atoms with Crippen LogP contribution in [0.1, 0.15) is 69.9 Å². The van der Waals surface area contributed by atoms with Crippen LogP contribution in [-0.2, 0) is 0 Å². The zero-order chi connectivity index (χ0) is 14.0. The van der Waals surface area contributed by atoms with Gasteiger partial charge in [0, 0.05) is 18.0 Å². The smallest absolute Gasteiger partial charge is 0.124 e. The molecule has 1 fully saturated rings. The minimum Gasteiger partial charge on any atom is -0.487 e. The summed E-state index contributed by atoms with van der Waals surface area (Å²) in [5, 5.41) is 0. The highest BCUT2D eigenvalue weighted by Gasteiger charge is 2.40. The number of fused-ring (bicyclic) bond motifs is 1. The van der Waals surface area contributed by atoms with Gasteiger partial charge in [0.1, 0.15) is 11.4 Å². The van der Waals surface area contributed by atoms with Gasteiger partial charge >= 0.3 is 0 Å². The Morgan fingerprint density at radius 2 is 2.10 bits per heavy atom.